The molecule has 0 amide bonds. The number of carbonyl (C=O) groups is 1. The molecule has 110 valence electrons. The molecule has 0 aliphatic carbocycles. The Morgan fingerprint density at radius 2 is 2.19 bits per heavy atom. The standard InChI is InChI=1S/C13H11ClN2O5/c1-21-12-3-2-9(14)4-8(12)6-15-7-10(16(19)20)5-11(15)13(17)18/h2-5,7H,6H2,1H3,(H,17,18). The van der Waals surface area contributed by atoms with Crippen molar-refractivity contribution >= 4 is 23.3 Å². The minimum Gasteiger partial charge on any atom is -0.496 e. The fraction of sp³-hybridized carbons (Fsp3) is 0.154. The summed E-state index contributed by atoms with van der Waals surface area (Å²) in [5.74, 6) is -0.726. The fourth-order valence-electron chi connectivity index (χ4n) is 1.96. The number of aromatic nitrogens is 1. The number of nitro groups is 1. The van der Waals surface area contributed by atoms with Crippen molar-refractivity contribution in [3.63, 3.8) is 0 Å². The second-order valence-corrected chi connectivity index (χ2v) is 4.67. The molecule has 0 saturated carbocycles. The van der Waals surface area contributed by atoms with Gasteiger partial charge in [0.2, 0.25) is 0 Å². The van der Waals surface area contributed by atoms with E-state index in [1.165, 1.54) is 17.9 Å². The molecular formula is C13H11ClN2O5. The van der Waals surface area contributed by atoms with Gasteiger partial charge in [0.25, 0.3) is 5.69 Å². The van der Waals surface area contributed by atoms with Crippen LogP contribution in [0.25, 0.3) is 0 Å². The topological polar surface area (TPSA) is 94.6 Å². The maximum Gasteiger partial charge on any atom is 0.352 e. The van der Waals surface area contributed by atoms with Crippen molar-refractivity contribution in [2.24, 2.45) is 0 Å². The van der Waals surface area contributed by atoms with Gasteiger partial charge in [0.1, 0.15) is 11.4 Å². The largest absolute Gasteiger partial charge is 0.496 e. The van der Waals surface area contributed by atoms with E-state index in [-0.39, 0.29) is 17.9 Å². The highest BCUT2D eigenvalue weighted by Gasteiger charge is 2.19. The molecule has 7 nitrogen and oxygen atoms in total. The predicted octanol–water partition coefficient (Wildman–Crippen LogP) is 2.80. The first kappa shape index (κ1) is 14.9. The van der Waals surface area contributed by atoms with Gasteiger partial charge in [-0.1, -0.05) is 11.6 Å². The smallest absolute Gasteiger partial charge is 0.352 e. The number of ether oxygens (including phenoxy) is 1. The lowest BCUT2D eigenvalue weighted by Gasteiger charge is -2.11. The first-order valence-corrected chi connectivity index (χ1v) is 6.20. The number of benzene rings is 1. The summed E-state index contributed by atoms with van der Waals surface area (Å²) in [5.41, 5.74) is 0.162. The highest BCUT2D eigenvalue weighted by atomic mass is 35.5. The predicted molar refractivity (Wildman–Crippen MR) is 75.2 cm³/mol. The highest BCUT2D eigenvalue weighted by Crippen LogP contribution is 2.25. The molecule has 1 aromatic carbocycles. The minimum atomic E-state index is -1.25. The quantitative estimate of drug-likeness (QED) is 0.677. The normalized spacial score (nSPS) is 10.4. The number of rotatable bonds is 5. The molecule has 0 spiro atoms. The SMILES string of the molecule is COc1ccc(Cl)cc1Cn1cc([N+](=O)[O-])cc1C(=O)O. The molecule has 0 aliphatic heterocycles. The van der Waals surface area contributed by atoms with E-state index < -0.39 is 10.9 Å². The second kappa shape index (κ2) is 5.84. The lowest BCUT2D eigenvalue weighted by atomic mass is 10.2. The van der Waals surface area contributed by atoms with Gasteiger partial charge in [0.15, 0.2) is 0 Å². The monoisotopic (exact) mass is 310 g/mol. The van der Waals surface area contributed by atoms with Crippen molar-refractivity contribution in [1.82, 2.24) is 4.57 Å². The van der Waals surface area contributed by atoms with E-state index in [0.717, 1.165) is 6.07 Å². The summed E-state index contributed by atoms with van der Waals surface area (Å²) in [6.07, 6.45) is 1.17. The average molecular weight is 311 g/mol. The molecule has 0 fully saturated rings. The number of hydrogen-bond acceptors (Lipinski definition) is 4. The summed E-state index contributed by atoms with van der Waals surface area (Å²) in [6.45, 7) is 0.0964. The van der Waals surface area contributed by atoms with Crippen LogP contribution in [0.5, 0.6) is 5.75 Å². The Bertz CT molecular complexity index is 711. The Hall–Kier alpha value is -2.54. The van der Waals surface area contributed by atoms with E-state index in [2.05, 4.69) is 0 Å². The van der Waals surface area contributed by atoms with Crippen LogP contribution in [0, 0.1) is 10.1 Å². The summed E-state index contributed by atoms with van der Waals surface area (Å²) in [6, 6.07) is 5.92. The Labute approximate surface area is 124 Å². The summed E-state index contributed by atoms with van der Waals surface area (Å²) < 4.78 is 6.45. The van der Waals surface area contributed by atoms with Gasteiger partial charge in [-0.2, -0.15) is 0 Å². The van der Waals surface area contributed by atoms with Crippen LogP contribution in [0.2, 0.25) is 5.02 Å². The van der Waals surface area contributed by atoms with Gasteiger partial charge in [0.05, 0.1) is 24.8 Å². The maximum absolute atomic E-state index is 11.2. The van der Waals surface area contributed by atoms with Gasteiger partial charge in [-0.05, 0) is 18.2 Å². The third kappa shape index (κ3) is 3.14. The van der Waals surface area contributed by atoms with Crippen LogP contribution >= 0.6 is 11.6 Å². The zero-order chi connectivity index (χ0) is 15.6. The van der Waals surface area contributed by atoms with E-state index >= 15 is 0 Å². The van der Waals surface area contributed by atoms with Crippen LogP contribution in [0.4, 0.5) is 5.69 Å². The van der Waals surface area contributed by atoms with Crippen molar-refractivity contribution in [3.05, 3.63) is 56.9 Å². The Morgan fingerprint density at radius 1 is 1.48 bits per heavy atom. The van der Waals surface area contributed by atoms with Crippen LogP contribution in [0.15, 0.2) is 30.5 Å². The number of aromatic carboxylic acids is 1. The lowest BCUT2D eigenvalue weighted by Crippen LogP contribution is -2.09. The first-order valence-electron chi connectivity index (χ1n) is 5.82. The molecule has 21 heavy (non-hydrogen) atoms. The second-order valence-electron chi connectivity index (χ2n) is 4.23. The summed E-state index contributed by atoms with van der Waals surface area (Å²) >= 11 is 5.91. The fourth-order valence-corrected chi connectivity index (χ4v) is 2.15. The van der Waals surface area contributed by atoms with Crippen LogP contribution in [-0.2, 0) is 6.54 Å². The zero-order valence-electron chi connectivity index (χ0n) is 10.9. The summed E-state index contributed by atoms with van der Waals surface area (Å²) in [4.78, 5) is 21.3. The molecule has 1 aromatic heterocycles. The molecule has 2 aromatic rings. The van der Waals surface area contributed by atoms with E-state index in [1.807, 2.05) is 0 Å². The van der Waals surface area contributed by atoms with Gasteiger partial charge >= 0.3 is 5.97 Å². The first-order chi connectivity index (χ1) is 9.92. The zero-order valence-corrected chi connectivity index (χ0v) is 11.7. The van der Waals surface area contributed by atoms with Crippen molar-refractivity contribution in [3.8, 4) is 5.75 Å². The van der Waals surface area contributed by atoms with Gasteiger partial charge in [0, 0.05) is 16.7 Å². The van der Waals surface area contributed by atoms with E-state index in [0.29, 0.717) is 16.3 Å². The van der Waals surface area contributed by atoms with Crippen molar-refractivity contribution in [1.29, 1.82) is 0 Å². The molecule has 0 aliphatic rings. The number of carboxylic acid groups (broad SMARTS) is 1. The molecule has 0 bridgehead atoms. The summed E-state index contributed by atoms with van der Waals surface area (Å²) in [5, 5.41) is 20.4. The molecule has 8 heteroatoms. The molecule has 0 unspecified atom stereocenters. The Morgan fingerprint density at radius 3 is 2.76 bits per heavy atom. The van der Waals surface area contributed by atoms with Crippen LogP contribution < -0.4 is 4.74 Å². The number of methoxy groups -OCH3 is 1. The maximum atomic E-state index is 11.2. The molecular weight excluding hydrogens is 300 g/mol. The molecule has 0 radical (unpaired) electrons. The third-order valence-electron chi connectivity index (χ3n) is 2.90. The van der Waals surface area contributed by atoms with Crippen molar-refractivity contribution in [2.45, 2.75) is 6.54 Å². The van der Waals surface area contributed by atoms with Crippen LogP contribution in [0.1, 0.15) is 16.1 Å². The van der Waals surface area contributed by atoms with Crippen LogP contribution in [0.3, 0.4) is 0 Å². The van der Waals surface area contributed by atoms with E-state index in [9.17, 15) is 14.9 Å². The van der Waals surface area contributed by atoms with Gasteiger partial charge < -0.3 is 14.4 Å². The van der Waals surface area contributed by atoms with Crippen molar-refractivity contribution in [2.75, 3.05) is 7.11 Å². The van der Waals surface area contributed by atoms with E-state index in [4.69, 9.17) is 21.4 Å². The number of hydrogen-bond donors (Lipinski definition) is 1. The average Bonchev–Trinajstić information content (AvgIpc) is 2.83. The van der Waals surface area contributed by atoms with E-state index in [1.54, 1.807) is 18.2 Å². The molecule has 0 saturated heterocycles. The summed E-state index contributed by atoms with van der Waals surface area (Å²) in [7, 11) is 1.48. The molecule has 1 N–H and O–H groups in total. The Kier molecular flexibility index (Phi) is 4.13. The minimum absolute atomic E-state index is 0.0964. The third-order valence-corrected chi connectivity index (χ3v) is 3.13. The van der Waals surface area contributed by atoms with Gasteiger partial charge in [-0.3, -0.25) is 10.1 Å². The van der Waals surface area contributed by atoms with Gasteiger partial charge in [-0.15, -0.1) is 0 Å². The Balaban J connectivity index is 2.46. The number of carboxylic acids is 1. The molecule has 1 heterocycles. The highest BCUT2D eigenvalue weighted by molar-refractivity contribution is 6.30. The molecule has 2 rings (SSSR count). The van der Waals surface area contributed by atoms with Gasteiger partial charge in [-0.25, -0.2) is 4.79 Å². The van der Waals surface area contributed by atoms with Crippen LogP contribution in [-0.4, -0.2) is 27.7 Å². The number of halogens is 1. The molecule has 0 atom stereocenters. The van der Waals surface area contributed by atoms with Crippen molar-refractivity contribution < 1.29 is 19.6 Å². The number of nitrogens with zero attached hydrogens (tertiary/aromatic N) is 2. The lowest BCUT2D eigenvalue weighted by molar-refractivity contribution is -0.384.